The van der Waals surface area contributed by atoms with Gasteiger partial charge in [0, 0.05) is 31.2 Å². The van der Waals surface area contributed by atoms with Crippen LogP contribution in [-0.2, 0) is 11.2 Å². The Morgan fingerprint density at radius 2 is 1.45 bits per heavy atom. The predicted molar refractivity (Wildman–Crippen MR) is 168 cm³/mol. The first-order valence-corrected chi connectivity index (χ1v) is 14.7. The zero-order valence-electron chi connectivity index (χ0n) is 25.8. The third-order valence-electron chi connectivity index (χ3n) is 7.54. The summed E-state index contributed by atoms with van der Waals surface area (Å²) in [6.07, 6.45) is 0.418. The molecule has 0 aliphatic carbocycles. The molecule has 3 amide bonds. The van der Waals surface area contributed by atoms with E-state index in [0.717, 1.165) is 28.8 Å². The largest absolute Gasteiger partial charge is 0.444 e. The van der Waals surface area contributed by atoms with Crippen molar-refractivity contribution in [3.05, 3.63) is 101 Å². The van der Waals surface area contributed by atoms with Crippen molar-refractivity contribution in [1.82, 2.24) is 24.6 Å². The van der Waals surface area contributed by atoms with Gasteiger partial charge in [-0.1, -0.05) is 48.5 Å². The van der Waals surface area contributed by atoms with Gasteiger partial charge in [0.2, 0.25) is 5.82 Å². The van der Waals surface area contributed by atoms with Gasteiger partial charge in [0.1, 0.15) is 11.4 Å². The number of hydrogen-bond acceptors (Lipinski definition) is 6. The maximum Gasteiger partial charge on any atom is 0.410 e. The molecule has 2 heterocycles. The number of carbonyl (C=O) groups is 3. The standard InChI is InChI=1S/C34H38N6O4/c1-22-21-38(18-19-39(22)33(43)44-34(3,4)5)32(42)28-14-12-27(13-15-28)26-10-6-24(7-11-26)20-25-8-16-29(17-9-25)40-23(2)36-31(37-40)30(35)41/h6-17,22H,18-21H2,1-5H3,(H2,35,41). The van der Waals surface area contributed by atoms with Gasteiger partial charge in [-0.25, -0.2) is 14.5 Å². The van der Waals surface area contributed by atoms with Crippen LogP contribution in [0, 0.1) is 6.92 Å². The highest BCUT2D eigenvalue weighted by Crippen LogP contribution is 2.23. The summed E-state index contributed by atoms with van der Waals surface area (Å²) < 4.78 is 7.12. The van der Waals surface area contributed by atoms with E-state index in [1.54, 1.807) is 21.4 Å². The first-order valence-electron chi connectivity index (χ1n) is 14.7. The van der Waals surface area contributed by atoms with Gasteiger partial charge in [-0.3, -0.25) is 9.59 Å². The molecule has 2 N–H and O–H groups in total. The molecule has 1 saturated heterocycles. The topological polar surface area (TPSA) is 124 Å². The minimum Gasteiger partial charge on any atom is -0.444 e. The molecular weight excluding hydrogens is 556 g/mol. The van der Waals surface area contributed by atoms with Crippen molar-refractivity contribution in [1.29, 1.82) is 0 Å². The number of aromatic nitrogens is 3. The van der Waals surface area contributed by atoms with Gasteiger partial charge in [0.25, 0.3) is 11.8 Å². The first kappa shape index (κ1) is 30.5. The van der Waals surface area contributed by atoms with Gasteiger partial charge in [0.15, 0.2) is 0 Å². The van der Waals surface area contributed by atoms with Crippen molar-refractivity contribution in [3.63, 3.8) is 0 Å². The zero-order valence-corrected chi connectivity index (χ0v) is 25.8. The summed E-state index contributed by atoms with van der Waals surface area (Å²) in [5.74, 6) is -0.107. The fourth-order valence-corrected chi connectivity index (χ4v) is 5.27. The number of hydrogen-bond donors (Lipinski definition) is 1. The molecular formula is C34H38N6O4. The average Bonchev–Trinajstić information content (AvgIpc) is 3.38. The molecule has 228 valence electrons. The lowest BCUT2D eigenvalue weighted by molar-refractivity contribution is 0.00198. The number of nitrogens with two attached hydrogens (primary N) is 1. The number of aryl methyl sites for hydroxylation is 1. The third kappa shape index (κ3) is 6.96. The fraction of sp³-hybridized carbons (Fsp3) is 0.324. The number of primary amides is 1. The molecule has 1 aromatic heterocycles. The molecule has 10 heteroatoms. The van der Waals surface area contributed by atoms with E-state index in [4.69, 9.17) is 10.5 Å². The van der Waals surface area contributed by atoms with E-state index in [9.17, 15) is 14.4 Å². The lowest BCUT2D eigenvalue weighted by Crippen LogP contribution is -2.56. The number of carbonyl (C=O) groups excluding carboxylic acids is 3. The number of rotatable bonds is 6. The highest BCUT2D eigenvalue weighted by molar-refractivity contribution is 5.95. The fourth-order valence-electron chi connectivity index (χ4n) is 5.27. The van der Waals surface area contributed by atoms with E-state index in [1.807, 2.05) is 76.2 Å². The van der Waals surface area contributed by atoms with Crippen molar-refractivity contribution < 1.29 is 19.1 Å². The highest BCUT2D eigenvalue weighted by atomic mass is 16.6. The van der Waals surface area contributed by atoms with E-state index in [0.29, 0.717) is 31.0 Å². The number of amides is 3. The minimum atomic E-state index is -0.655. The third-order valence-corrected chi connectivity index (χ3v) is 7.54. The van der Waals surface area contributed by atoms with Crippen LogP contribution in [-0.4, -0.2) is 73.7 Å². The molecule has 1 aliphatic rings. The molecule has 1 unspecified atom stereocenters. The number of benzene rings is 3. The van der Waals surface area contributed by atoms with Crippen LogP contribution in [0.4, 0.5) is 4.79 Å². The van der Waals surface area contributed by atoms with Crippen LogP contribution in [0.5, 0.6) is 0 Å². The Morgan fingerprint density at radius 3 is 1.98 bits per heavy atom. The Bertz CT molecular complexity index is 1650. The van der Waals surface area contributed by atoms with Crippen molar-refractivity contribution in [2.24, 2.45) is 5.73 Å². The van der Waals surface area contributed by atoms with E-state index >= 15 is 0 Å². The van der Waals surface area contributed by atoms with Crippen LogP contribution in [0.3, 0.4) is 0 Å². The summed E-state index contributed by atoms with van der Waals surface area (Å²) in [4.78, 5) is 44.7. The van der Waals surface area contributed by atoms with Crippen molar-refractivity contribution >= 4 is 17.9 Å². The van der Waals surface area contributed by atoms with Crippen LogP contribution in [0.2, 0.25) is 0 Å². The summed E-state index contributed by atoms with van der Waals surface area (Å²) in [7, 11) is 0. The molecule has 10 nitrogen and oxygen atoms in total. The van der Waals surface area contributed by atoms with Gasteiger partial charge in [-0.15, -0.1) is 5.10 Å². The zero-order chi connectivity index (χ0) is 31.6. The summed E-state index contributed by atoms with van der Waals surface area (Å²) in [5.41, 5.74) is 10.6. The summed E-state index contributed by atoms with van der Waals surface area (Å²) in [6.45, 7) is 10.6. The van der Waals surface area contributed by atoms with Crippen molar-refractivity contribution in [2.75, 3.05) is 19.6 Å². The van der Waals surface area contributed by atoms with Gasteiger partial charge < -0.3 is 20.3 Å². The van der Waals surface area contributed by atoms with Crippen LogP contribution >= 0.6 is 0 Å². The molecule has 0 radical (unpaired) electrons. The predicted octanol–water partition coefficient (Wildman–Crippen LogP) is 5.01. The summed E-state index contributed by atoms with van der Waals surface area (Å²) in [5, 5.41) is 4.18. The summed E-state index contributed by atoms with van der Waals surface area (Å²) >= 11 is 0. The van der Waals surface area contributed by atoms with Crippen LogP contribution < -0.4 is 5.73 Å². The second-order valence-corrected chi connectivity index (χ2v) is 12.2. The molecule has 1 fully saturated rings. The smallest absolute Gasteiger partial charge is 0.410 e. The van der Waals surface area contributed by atoms with Crippen LogP contribution in [0.15, 0.2) is 72.8 Å². The second-order valence-electron chi connectivity index (χ2n) is 12.2. The molecule has 44 heavy (non-hydrogen) atoms. The lowest BCUT2D eigenvalue weighted by atomic mass is 9.99. The Labute approximate surface area is 257 Å². The Kier molecular flexibility index (Phi) is 8.53. The molecule has 4 aromatic rings. The van der Waals surface area contributed by atoms with E-state index in [1.165, 1.54) is 5.56 Å². The number of nitrogens with zero attached hydrogens (tertiary/aromatic N) is 5. The normalized spacial score (nSPS) is 15.2. The van der Waals surface area contributed by atoms with Crippen LogP contribution in [0.1, 0.15) is 65.6 Å². The average molecular weight is 595 g/mol. The lowest BCUT2D eigenvalue weighted by Gasteiger charge is -2.40. The molecule has 0 saturated carbocycles. The maximum absolute atomic E-state index is 13.2. The highest BCUT2D eigenvalue weighted by Gasteiger charge is 2.32. The number of ether oxygens (including phenoxy) is 1. The SMILES string of the molecule is Cc1nc(C(N)=O)nn1-c1ccc(Cc2ccc(-c3ccc(C(=O)N4CCN(C(=O)OC(C)(C)C)C(C)C4)cc3)cc2)cc1. The minimum absolute atomic E-state index is 0.00210. The molecule has 0 spiro atoms. The molecule has 3 aromatic carbocycles. The van der Waals surface area contributed by atoms with E-state index in [2.05, 4.69) is 34.3 Å². The summed E-state index contributed by atoms with van der Waals surface area (Å²) in [6, 6.07) is 23.9. The Balaban J connectivity index is 1.18. The Morgan fingerprint density at radius 1 is 0.886 bits per heavy atom. The van der Waals surface area contributed by atoms with E-state index in [-0.39, 0.29) is 23.9 Å². The van der Waals surface area contributed by atoms with Gasteiger partial charge in [0.05, 0.1) is 5.69 Å². The second kappa shape index (κ2) is 12.3. The van der Waals surface area contributed by atoms with Gasteiger partial charge in [-0.2, -0.15) is 0 Å². The first-order chi connectivity index (χ1) is 20.9. The molecule has 1 aliphatic heterocycles. The molecule has 1 atom stereocenters. The Hall–Kier alpha value is -4.99. The number of piperazine rings is 1. The van der Waals surface area contributed by atoms with Crippen molar-refractivity contribution in [3.8, 4) is 16.8 Å². The van der Waals surface area contributed by atoms with Crippen molar-refractivity contribution in [2.45, 2.75) is 52.7 Å². The molecule has 5 rings (SSSR count). The van der Waals surface area contributed by atoms with Crippen LogP contribution in [0.25, 0.3) is 16.8 Å². The van der Waals surface area contributed by atoms with E-state index < -0.39 is 11.5 Å². The quantitative estimate of drug-likeness (QED) is 0.335. The maximum atomic E-state index is 13.2. The van der Waals surface area contributed by atoms with Gasteiger partial charge in [-0.05, 0) is 87.6 Å². The van der Waals surface area contributed by atoms with Gasteiger partial charge >= 0.3 is 6.09 Å². The molecule has 0 bridgehead atoms. The monoisotopic (exact) mass is 594 g/mol.